The number of nitrogens with one attached hydrogen (secondary N) is 1. The van der Waals surface area contributed by atoms with Gasteiger partial charge in [-0.25, -0.2) is 0 Å². The number of carbonyl (C=O) groups excluding carboxylic acids is 1. The lowest BCUT2D eigenvalue weighted by Gasteiger charge is -2.15. The number of benzene rings is 2. The third-order valence-corrected chi connectivity index (χ3v) is 4.57. The number of para-hydroxylation sites is 1. The van der Waals surface area contributed by atoms with Crippen LogP contribution in [0.3, 0.4) is 0 Å². The highest BCUT2D eigenvalue weighted by atomic mass is 16.5. The number of phenolic OH excluding ortho intramolecular Hbond substituents is 2. The van der Waals surface area contributed by atoms with Crippen LogP contribution in [-0.4, -0.2) is 43.2 Å². The van der Waals surface area contributed by atoms with Crippen LogP contribution >= 0.6 is 0 Å². The maximum absolute atomic E-state index is 12.8. The number of aromatic nitrogens is 4. The number of unbranched alkanes of at least 4 members (excludes halogenated alkanes) is 1. The van der Waals surface area contributed by atoms with E-state index in [1.54, 1.807) is 18.2 Å². The highest BCUT2D eigenvalue weighted by molar-refractivity contribution is 6.12. The van der Waals surface area contributed by atoms with E-state index in [9.17, 15) is 15.0 Å². The van der Waals surface area contributed by atoms with Crippen molar-refractivity contribution < 1.29 is 19.7 Å². The number of aromatic hydroxyl groups is 2. The minimum atomic E-state index is -0.426. The number of aryl methyl sites for hydroxylation is 1. The maximum Gasteiger partial charge on any atom is 0.200 e. The quantitative estimate of drug-likeness (QED) is 0.355. The fourth-order valence-corrected chi connectivity index (χ4v) is 3.09. The van der Waals surface area contributed by atoms with Gasteiger partial charge in [-0.3, -0.25) is 4.79 Å². The number of hydrogen-bond acceptors (Lipinski definition) is 7. The lowest BCUT2D eigenvalue weighted by Crippen LogP contribution is -2.06. The van der Waals surface area contributed by atoms with Crippen LogP contribution in [0, 0.1) is 0 Å². The van der Waals surface area contributed by atoms with Crippen LogP contribution < -0.4 is 4.74 Å². The highest BCUT2D eigenvalue weighted by Crippen LogP contribution is 2.35. The second kappa shape index (κ2) is 9.68. The predicted molar refractivity (Wildman–Crippen MR) is 106 cm³/mol. The fourth-order valence-electron chi connectivity index (χ4n) is 3.09. The molecule has 8 nitrogen and oxygen atoms in total. The fraction of sp³-hybridized carbons (Fsp3) is 0.333. The summed E-state index contributed by atoms with van der Waals surface area (Å²) < 4.78 is 5.87. The van der Waals surface area contributed by atoms with Gasteiger partial charge in [-0.2, -0.15) is 5.21 Å². The number of aromatic amines is 1. The molecule has 0 saturated heterocycles. The topological polar surface area (TPSA) is 121 Å². The van der Waals surface area contributed by atoms with Gasteiger partial charge in [0.2, 0.25) is 0 Å². The SMILES string of the molecule is CCCc1c(OCCCCc2nn[nH]n2)ccc(C(=O)c2ccccc2O)c1O. The summed E-state index contributed by atoms with van der Waals surface area (Å²) in [6.07, 6.45) is 3.71. The van der Waals surface area contributed by atoms with Gasteiger partial charge in [0.05, 0.1) is 17.7 Å². The van der Waals surface area contributed by atoms with E-state index >= 15 is 0 Å². The summed E-state index contributed by atoms with van der Waals surface area (Å²) in [5.74, 6) is 0.601. The molecule has 2 aromatic carbocycles. The number of ether oxygens (including phenoxy) is 1. The molecule has 0 radical (unpaired) electrons. The smallest absolute Gasteiger partial charge is 0.200 e. The van der Waals surface area contributed by atoms with E-state index in [0.717, 1.165) is 19.3 Å². The Balaban J connectivity index is 1.71. The molecular formula is C21H24N4O4. The van der Waals surface area contributed by atoms with Crippen LogP contribution in [-0.2, 0) is 12.8 Å². The second-order valence-corrected chi connectivity index (χ2v) is 6.67. The Bertz CT molecular complexity index is 957. The molecule has 3 aromatic rings. The van der Waals surface area contributed by atoms with Gasteiger partial charge in [0.25, 0.3) is 0 Å². The van der Waals surface area contributed by atoms with Gasteiger partial charge in [-0.05, 0) is 43.5 Å². The van der Waals surface area contributed by atoms with Crippen LogP contribution in [0.15, 0.2) is 36.4 Å². The monoisotopic (exact) mass is 396 g/mol. The van der Waals surface area contributed by atoms with Crippen molar-refractivity contribution >= 4 is 5.78 Å². The Morgan fingerprint density at radius 2 is 1.90 bits per heavy atom. The summed E-state index contributed by atoms with van der Waals surface area (Å²) in [5, 5.41) is 34.5. The zero-order valence-corrected chi connectivity index (χ0v) is 16.3. The van der Waals surface area contributed by atoms with E-state index in [0.29, 0.717) is 36.6 Å². The Labute approximate surface area is 168 Å². The third kappa shape index (κ3) is 4.90. The third-order valence-electron chi connectivity index (χ3n) is 4.57. The highest BCUT2D eigenvalue weighted by Gasteiger charge is 2.21. The van der Waals surface area contributed by atoms with E-state index < -0.39 is 5.78 Å². The molecule has 0 aliphatic heterocycles. The Hall–Kier alpha value is -3.42. The van der Waals surface area contributed by atoms with Gasteiger partial charge in [-0.15, -0.1) is 10.2 Å². The Morgan fingerprint density at radius 3 is 2.62 bits per heavy atom. The van der Waals surface area contributed by atoms with Crippen LogP contribution in [0.4, 0.5) is 0 Å². The first-order valence-electron chi connectivity index (χ1n) is 9.64. The number of carbonyl (C=O) groups is 1. The average molecular weight is 396 g/mol. The van der Waals surface area contributed by atoms with E-state index in [1.165, 1.54) is 18.2 Å². The van der Waals surface area contributed by atoms with Gasteiger partial charge in [-0.1, -0.05) is 30.7 Å². The number of tetrazole rings is 1. The molecule has 0 spiro atoms. The van der Waals surface area contributed by atoms with E-state index in [4.69, 9.17) is 4.74 Å². The molecule has 1 heterocycles. The van der Waals surface area contributed by atoms with Crippen molar-refractivity contribution in [1.82, 2.24) is 20.6 Å². The first kappa shape index (κ1) is 20.3. The molecule has 0 aliphatic rings. The molecule has 3 rings (SSSR count). The zero-order chi connectivity index (χ0) is 20.6. The summed E-state index contributed by atoms with van der Waals surface area (Å²) in [6, 6.07) is 9.54. The predicted octanol–water partition coefficient (Wildman–Crippen LogP) is 3.20. The van der Waals surface area contributed by atoms with Gasteiger partial charge in [0.1, 0.15) is 17.2 Å². The van der Waals surface area contributed by atoms with Crippen molar-refractivity contribution in [3.8, 4) is 17.2 Å². The normalized spacial score (nSPS) is 10.8. The van der Waals surface area contributed by atoms with Gasteiger partial charge < -0.3 is 14.9 Å². The molecule has 0 fully saturated rings. The zero-order valence-electron chi connectivity index (χ0n) is 16.3. The minimum absolute atomic E-state index is 0.0931. The number of H-pyrrole nitrogens is 1. The molecule has 1 aromatic heterocycles. The molecule has 29 heavy (non-hydrogen) atoms. The molecule has 0 aliphatic carbocycles. The number of nitrogens with zero attached hydrogens (tertiary/aromatic N) is 3. The van der Waals surface area contributed by atoms with Crippen molar-refractivity contribution in [3.05, 3.63) is 58.9 Å². The number of phenols is 2. The van der Waals surface area contributed by atoms with Crippen LogP contribution in [0.25, 0.3) is 0 Å². The number of hydrogen-bond donors (Lipinski definition) is 3. The first-order valence-corrected chi connectivity index (χ1v) is 9.64. The summed E-state index contributed by atoms with van der Waals surface area (Å²) in [5.41, 5.74) is 0.909. The van der Waals surface area contributed by atoms with E-state index in [-0.39, 0.29) is 22.6 Å². The van der Waals surface area contributed by atoms with Gasteiger partial charge >= 0.3 is 0 Å². The molecule has 0 atom stereocenters. The van der Waals surface area contributed by atoms with Crippen molar-refractivity contribution in [2.75, 3.05) is 6.61 Å². The second-order valence-electron chi connectivity index (χ2n) is 6.67. The Kier molecular flexibility index (Phi) is 6.78. The van der Waals surface area contributed by atoms with Crippen LogP contribution in [0.2, 0.25) is 0 Å². The molecule has 8 heteroatoms. The van der Waals surface area contributed by atoms with E-state index in [2.05, 4.69) is 20.6 Å². The van der Waals surface area contributed by atoms with Gasteiger partial charge in [0, 0.05) is 12.0 Å². The lowest BCUT2D eigenvalue weighted by molar-refractivity contribution is 0.103. The van der Waals surface area contributed by atoms with Crippen molar-refractivity contribution in [2.24, 2.45) is 0 Å². The van der Waals surface area contributed by atoms with Crippen molar-refractivity contribution in [3.63, 3.8) is 0 Å². The molecular weight excluding hydrogens is 372 g/mol. The number of rotatable bonds is 10. The summed E-state index contributed by atoms with van der Waals surface area (Å²) in [6.45, 7) is 2.46. The lowest BCUT2D eigenvalue weighted by atomic mass is 9.97. The summed E-state index contributed by atoms with van der Waals surface area (Å²) in [4.78, 5) is 12.8. The molecule has 0 unspecified atom stereocenters. The maximum atomic E-state index is 12.8. The van der Waals surface area contributed by atoms with Crippen LogP contribution in [0.1, 0.15) is 53.5 Å². The molecule has 0 saturated carbocycles. The molecule has 0 bridgehead atoms. The largest absolute Gasteiger partial charge is 0.507 e. The summed E-state index contributed by atoms with van der Waals surface area (Å²) in [7, 11) is 0. The Morgan fingerprint density at radius 1 is 1.07 bits per heavy atom. The van der Waals surface area contributed by atoms with Crippen molar-refractivity contribution in [2.45, 2.75) is 39.0 Å². The van der Waals surface area contributed by atoms with Crippen molar-refractivity contribution in [1.29, 1.82) is 0 Å². The average Bonchev–Trinajstić information content (AvgIpc) is 3.23. The molecule has 0 amide bonds. The standard InChI is InChI=1S/C21H24N4O4/c1-2-7-15-18(29-13-6-5-10-19-22-24-25-23-19)12-11-16(21(15)28)20(27)14-8-3-4-9-17(14)26/h3-4,8-9,11-12,26,28H,2,5-7,10,13H2,1H3,(H,22,23,24,25). The van der Waals surface area contributed by atoms with Gasteiger partial charge in [0.15, 0.2) is 11.6 Å². The molecule has 152 valence electrons. The first-order chi connectivity index (χ1) is 14.1. The minimum Gasteiger partial charge on any atom is -0.507 e. The number of ketones is 1. The van der Waals surface area contributed by atoms with Crippen LogP contribution in [0.5, 0.6) is 17.2 Å². The molecule has 3 N–H and O–H groups in total. The van der Waals surface area contributed by atoms with E-state index in [1.807, 2.05) is 6.92 Å². The summed E-state index contributed by atoms with van der Waals surface area (Å²) >= 11 is 0.